The van der Waals surface area contributed by atoms with Crippen LogP contribution in [0.2, 0.25) is 0 Å². The molecule has 4 heteroatoms. The SMILES string of the molecule is C=C(CC)CC(NN)c1cc(C)nn1C. The maximum atomic E-state index is 5.55. The molecule has 0 aliphatic heterocycles. The molecule has 84 valence electrons. The number of nitrogens with zero attached hydrogens (tertiary/aromatic N) is 2. The van der Waals surface area contributed by atoms with Crippen LogP contribution in [-0.4, -0.2) is 9.78 Å². The molecule has 15 heavy (non-hydrogen) atoms. The number of hydrogen-bond donors (Lipinski definition) is 2. The summed E-state index contributed by atoms with van der Waals surface area (Å²) in [5.41, 5.74) is 6.12. The van der Waals surface area contributed by atoms with Crippen molar-refractivity contribution in [3.05, 3.63) is 29.6 Å². The second-order valence-electron chi connectivity index (χ2n) is 3.86. The van der Waals surface area contributed by atoms with Gasteiger partial charge in [0.05, 0.1) is 17.4 Å². The molecule has 0 saturated carbocycles. The molecular formula is C11H20N4. The first-order valence-electron chi connectivity index (χ1n) is 5.21. The second-order valence-corrected chi connectivity index (χ2v) is 3.86. The van der Waals surface area contributed by atoms with Crippen LogP contribution in [0.4, 0.5) is 0 Å². The zero-order valence-electron chi connectivity index (χ0n) is 9.75. The minimum absolute atomic E-state index is 0.101. The van der Waals surface area contributed by atoms with Crippen molar-refractivity contribution in [2.24, 2.45) is 12.9 Å². The smallest absolute Gasteiger partial charge is 0.0665 e. The fraction of sp³-hybridized carbons (Fsp3) is 0.545. The predicted molar refractivity (Wildman–Crippen MR) is 62.1 cm³/mol. The molecule has 0 spiro atoms. The molecule has 0 saturated heterocycles. The third kappa shape index (κ3) is 2.91. The largest absolute Gasteiger partial charge is 0.271 e. The minimum Gasteiger partial charge on any atom is -0.271 e. The standard InChI is InChI=1S/C11H20N4/c1-5-8(2)6-10(13-12)11-7-9(3)14-15(11)4/h7,10,13H,2,5-6,12H2,1,3-4H3. The van der Waals surface area contributed by atoms with Crippen molar-refractivity contribution in [1.29, 1.82) is 0 Å². The van der Waals surface area contributed by atoms with Gasteiger partial charge in [0.2, 0.25) is 0 Å². The topological polar surface area (TPSA) is 55.9 Å². The van der Waals surface area contributed by atoms with Crippen molar-refractivity contribution in [3.63, 3.8) is 0 Å². The summed E-state index contributed by atoms with van der Waals surface area (Å²) < 4.78 is 1.86. The van der Waals surface area contributed by atoms with Gasteiger partial charge >= 0.3 is 0 Å². The highest BCUT2D eigenvalue weighted by Crippen LogP contribution is 2.21. The fourth-order valence-electron chi connectivity index (χ4n) is 1.64. The Kier molecular flexibility index (Phi) is 4.05. The molecule has 3 N–H and O–H groups in total. The lowest BCUT2D eigenvalue weighted by molar-refractivity contribution is 0.503. The molecule has 4 nitrogen and oxygen atoms in total. The Balaban J connectivity index is 2.82. The Morgan fingerprint density at radius 2 is 2.40 bits per heavy atom. The summed E-state index contributed by atoms with van der Waals surface area (Å²) >= 11 is 0. The Hall–Kier alpha value is -1.13. The van der Waals surface area contributed by atoms with E-state index in [9.17, 15) is 0 Å². The zero-order valence-corrected chi connectivity index (χ0v) is 9.75. The molecule has 0 bridgehead atoms. The van der Waals surface area contributed by atoms with Gasteiger partial charge in [-0.1, -0.05) is 19.1 Å². The number of aromatic nitrogens is 2. The van der Waals surface area contributed by atoms with E-state index in [2.05, 4.69) is 24.0 Å². The van der Waals surface area contributed by atoms with Crippen molar-refractivity contribution in [2.45, 2.75) is 32.7 Å². The van der Waals surface area contributed by atoms with Gasteiger partial charge in [-0.05, 0) is 25.8 Å². The number of nitrogens with two attached hydrogens (primary N) is 1. The van der Waals surface area contributed by atoms with Crippen LogP contribution in [0.3, 0.4) is 0 Å². The molecule has 0 radical (unpaired) electrons. The lowest BCUT2D eigenvalue weighted by atomic mass is 10.0. The average molecular weight is 208 g/mol. The van der Waals surface area contributed by atoms with Crippen LogP contribution in [0, 0.1) is 6.92 Å². The van der Waals surface area contributed by atoms with Crippen molar-refractivity contribution in [1.82, 2.24) is 15.2 Å². The van der Waals surface area contributed by atoms with Crippen LogP contribution in [-0.2, 0) is 7.05 Å². The Bertz CT molecular complexity index is 340. The zero-order chi connectivity index (χ0) is 11.4. The van der Waals surface area contributed by atoms with Gasteiger partial charge < -0.3 is 0 Å². The van der Waals surface area contributed by atoms with Gasteiger partial charge in [-0.15, -0.1) is 0 Å². The van der Waals surface area contributed by atoms with E-state index >= 15 is 0 Å². The molecular weight excluding hydrogens is 188 g/mol. The lowest BCUT2D eigenvalue weighted by Crippen LogP contribution is -2.29. The third-order valence-corrected chi connectivity index (χ3v) is 2.59. The van der Waals surface area contributed by atoms with Gasteiger partial charge in [-0.25, -0.2) is 0 Å². The van der Waals surface area contributed by atoms with Crippen LogP contribution < -0.4 is 11.3 Å². The Morgan fingerprint density at radius 1 is 1.73 bits per heavy atom. The van der Waals surface area contributed by atoms with Crippen molar-refractivity contribution in [3.8, 4) is 0 Å². The first-order chi connectivity index (χ1) is 7.08. The quantitative estimate of drug-likeness (QED) is 0.439. The predicted octanol–water partition coefficient (Wildman–Crippen LogP) is 1.59. The van der Waals surface area contributed by atoms with E-state index in [1.165, 1.54) is 5.57 Å². The van der Waals surface area contributed by atoms with E-state index in [-0.39, 0.29) is 6.04 Å². The van der Waals surface area contributed by atoms with Gasteiger partial charge in [0.25, 0.3) is 0 Å². The van der Waals surface area contributed by atoms with Crippen molar-refractivity contribution < 1.29 is 0 Å². The third-order valence-electron chi connectivity index (χ3n) is 2.59. The van der Waals surface area contributed by atoms with E-state index in [0.29, 0.717) is 0 Å². The Labute approximate surface area is 91.1 Å². The van der Waals surface area contributed by atoms with Gasteiger partial charge in [0.15, 0.2) is 0 Å². The van der Waals surface area contributed by atoms with Crippen molar-refractivity contribution >= 4 is 0 Å². The number of hydrazine groups is 1. The first-order valence-corrected chi connectivity index (χ1v) is 5.21. The molecule has 1 rings (SSSR count). The summed E-state index contributed by atoms with van der Waals surface area (Å²) in [4.78, 5) is 0. The van der Waals surface area contributed by atoms with Crippen LogP contribution >= 0.6 is 0 Å². The average Bonchev–Trinajstić information content (AvgIpc) is 2.54. The molecule has 1 atom stereocenters. The fourth-order valence-corrected chi connectivity index (χ4v) is 1.64. The van der Waals surface area contributed by atoms with Gasteiger partial charge in [0.1, 0.15) is 0 Å². The van der Waals surface area contributed by atoms with Crippen molar-refractivity contribution in [2.75, 3.05) is 0 Å². The maximum absolute atomic E-state index is 5.55. The van der Waals surface area contributed by atoms with Crippen LogP contribution in [0.5, 0.6) is 0 Å². The van der Waals surface area contributed by atoms with E-state index in [1.54, 1.807) is 0 Å². The molecule has 0 amide bonds. The van der Waals surface area contributed by atoms with Gasteiger partial charge in [-0.3, -0.25) is 16.0 Å². The summed E-state index contributed by atoms with van der Waals surface area (Å²) in [5.74, 6) is 5.55. The second kappa shape index (κ2) is 5.09. The van der Waals surface area contributed by atoms with Crippen LogP contribution in [0.25, 0.3) is 0 Å². The number of nitrogens with one attached hydrogen (secondary N) is 1. The monoisotopic (exact) mass is 208 g/mol. The molecule has 1 aromatic heterocycles. The number of hydrogen-bond acceptors (Lipinski definition) is 3. The van der Waals surface area contributed by atoms with E-state index in [1.807, 2.05) is 24.7 Å². The summed E-state index contributed by atoms with van der Waals surface area (Å²) in [7, 11) is 1.93. The highest BCUT2D eigenvalue weighted by atomic mass is 15.3. The number of rotatable bonds is 5. The highest BCUT2D eigenvalue weighted by molar-refractivity contribution is 5.15. The number of aryl methyl sites for hydroxylation is 2. The van der Waals surface area contributed by atoms with E-state index < -0.39 is 0 Å². The van der Waals surface area contributed by atoms with Gasteiger partial charge in [0, 0.05) is 7.05 Å². The minimum atomic E-state index is 0.101. The summed E-state index contributed by atoms with van der Waals surface area (Å²) in [6.45, 7) is 8.08. The lowest BCUT2D eigenvalue weighted by Gasteiger charge is -2.16. The Morgan fingerprint density at radius 3 is 2.80 bits per heavy atom. The first kappa shape index (κ1) is 11.9. The van der Waals surface area contributed by atoms with E-state index in [4.69, 9.17) is 5.84 Å². The maximum Gasteiger partial charge on any atom is 0.0665 e. The molecule has 0 fully saturated rings. The summed E-state index contributed by atoms with van der Waals surface area (Å²) in [6, 6.07) is 2.15. The summed E-state index contributed by atoms with van der Waals surface area (Å²) in [5, 5.41) is 4.30. The molecule has 1 heterocycles. The van der Waals surface area contributed by atoms with Crippen LogP contribution in [0.1, 0.15) is 37.2 Å². The molecule has 0 aliphatic rings. The van der Waals surface area contributed by atoms with E-state index in [0.717, 1.165) is 24.2 Å². The molecule has 1 aromatic rings. The molecule has 0 aromatic carbocycles. The molecule has 1 unspecified atom stereocenters. The van der Waals surface area contributed by atoms with Gasteiger partial charge in [-0.2, -0.15) is 5.10 Å². The van der Waals surface area contributed by atoms with Crippen LogP contribution in [0.15, 0.2) is 18.2 Å². The normalized spacial score (nSPS) is 12.8. The molecule has 0 aliphatic carbocycles. The highest BCUT2D eigenvalue weighted by Gasteiger charge is 2.14. The summed E-state index contributed by atoms with van der Waals surface area (Å²) in [6.07, 6.45) is 1.83.